The van der Waals surface area contributed by atoms with Crippen molar-refractivity contribution < 1.29 is 16.2 Å². The van der Waals surface area contributed by atoms with Crippen molar-refractivity contribution in [3.05, 3.63) is 0 Å². The van der Waals surface area contributed by atoms with Gasteiger partial charge in [-0.25, -0.2) is 4.18 Å². The van der Waals surface area contributed by atoms with Gasteiger partial charge in [0.1, 0.15) is 17.5 Å². The molecule has 9 heteroatoms. The van der Waals surface area contributed by atoms with Gasteiger partial charge in [-0.15, -0.1) is 11.6 Å². The Balaban J connectivity index is 4.21. The standard InChI is InChI=1S/C9H17ClN2O4S2/c1-3-5-12(6-4-2)9(10)7-15-18(13,14)16-17-8-11/h9H,3-7H2,1-2H3. The third-order valence-corrected chi connectivity index (χ3v) is 3.76. The van der Waals surface area contributed by atoms with Crippen molar-refractivity contribution in [3.63, 3.8) is 0 Å². The van der Waals surface area contributed by atoms with Crippen LogP contribution in [0.1, 0.15) is 26.7 Å². The zero-order valence-corrected chi connectivity index (χ0v) is 12.7. The Labute approximate surface area is 118 Å². The maximum Gasteiger partial charge on any atom is 0.411 e. The van der Waals surface area contributed by atoms with Crippen molar-refractivity contribution in [3.8, 4) is 5.40 Å². The monoisotopic (exact) mass is 316 g/mol. The van der Waals surface area contributed by atoms with Gasteiger partial charge in [0, 0.05) is 0 Å². The fourth-order valence-electron chi connectivity index (χ4n) is 1.29. The van der Waals surface area contributed by atoms with Crippen LogP contribution in [0.25, 0.3) is 0 Å². The van der Waals surface area contributed by atoms with Crippen molar-refractivity contribution in [2.75, 3.05) is 19.7 Å². The highest BCUT2D eigenvalue weighted by atomic mass is 35.5. The summed E-state index contributed by atoms with van der Waals surface area (Å²) >= 11 is 6.19. The fraction of sp³-hybridized carbons (Fsp3) is 0.889. The predicted molar refractivity (Wildman–Crippen MR) is 71.0 cm³/mol. The van der Waals surface area contributed by atoms with E-state index in [0.29, 0.717) is 0 Å². The minimum absolute atomic E-state index is 0.132. The second-order valence-electron chi connectivity index (χ2n) is 3.41. The Kier molecular flexibility index (Phi) is 9.81. The minimum Gasteiger partial charge on any atom is -0.286 e. The van der Waals surface area contributed by atoms with E-state index in [2.05, 4.69) is 7.81 Å². The summed E-state index contributed by atoms with van der Waals surface area (Å²) in [5, 5.41) is 9.64. The molecule has 0 aromatic rings. The van der Waals surface area contributed by atoms with Gasteiger partial charge < -0.3 is 0 Å². The zero-order valence-electron chi connectivity index (χ0n) is 10.3. The number of hydrogen-bond donors (Lipinski definition) is 0. The van der Waals surface area contributed by atoms with Gasteiger partial charge in [0.2, 0.25) is 0 Å². The summed E-state index contributed by atoms with van der Waals surface area (Å²) in [5.74, 6) is 0. The molecule has 6 nitrogen and oxygen atoms in total. The maximum atomic E-state index is 11.1. The van der Waals surface area contributed by atoms with E-state index in [0.717, 1.165) is 25.9 Å². The van der Waals surface area contributed by atoms with Crippen LogP contribution < -0.4 is 0 Å². The van der Waals surface area contributed by atoms with Crippen LogP contribution in [-0.2, 0) is 18.2 Å². The molecule has 1 unspecified atom stereocenters. The first-order chi connectivity index (χ1) is 8.46. The maximum absolute atomic E-state index is 11.1. The third kappa shape index (κ3) is 8.13. The molecule has 0 aromatic heterocycles. The van der Waals surface area contributed by atoms with E-state index in [4.69, 9.17) is 16.9 Å². The van der Waals surface area contributed by atoms with Crippen molar-refractivity contribution in [2.24, 2.45) is 0 Å². The average Bonchev–Trinajstić information content (AvgIpc) is 2.33. The Hall–Kier alpha value is -0.0400. The van der Waals surface area contributed by atoms with Crippen LogP contribution in [-0.4, -0.2) is 38.5 Å². The second-order valence-corrected chi connectivity index (χ2v) is 5.86. The molecular weight excluding hydrogens is 300 g/mol. The number of hydrogen-bond acceptors (Lipinski definition) is 7. The Morgan fingerprint density at radius 2 is 1.94 bits per heavy atom. The Morgan fingerprint density at radius 3 is 2.39 bits per heavy atom. The largest absolute Gasteiger partial charge is 0.411 e. The summed E-state index contributed by atoms with van der Waals surface area (Å²) in [4.78, 5) is 1.93. The lowest BCUT2D eigenvalue weighted by Gasteiger charge is -2.25. The summed E-state index contributed by atoms with van der Waals surface area (Å²) < 4.78 is 31.0. The van der Waals surface area contributed by atoms with E-state index in [1.165, 1.54) is 5.40 Å². The first kappa shape index (κ1) is 18.0. The van der Waals surface area contributed by atoms with Gasteiger partial charge in [0.05, 0.1) is 6.61 Å². The van der Waals surface area contributed by atoms with E-state index in [1.807, 2.05) is 18.7 Å². The Morgan fingerprint density at radius 1 is 1.39 bits per heavy atom. The molecule has 0 N–H and O–H groups in total. The highest BCUT2D eigenvalue weighted by Crippen LogP contribution is 2.12. The van der Waals surface area contributed by atoms with E-state index in [1.54, 1.807) is 0 Å². The van der Waals surface area contributed by atoms with Crippen molar-refractivity contribution in [1.29, 1.82) is 5.26 Å². The van der Waals surface area contributed by atoms with Crippen LogP contribution in [0.4, 0.5) is 0 Å². The number of rotatable bonds is 10. The molecule has 0 saturated heterocycles. The molecule has 106 valence electrons. The quantitative estimate of drug-likeness (QED) is 0.264. The highest BCUT2D eigenvalue weighted by molar-refractivity contribution is 8.06. The summed E-state index contributed by atoms with van der Waals surface area (Å²) in [7, 11) is -4.17. The minimum atomic E-state index is -4.17. The van der Waals surface area contributed by atoms with Gasteiger partial charge in [-0.1, -0.05) is 13.8 Å². The van der Waals surface area contributed by atoms with E-state index < -0.39 is 15.9 Å². The average molecular weight is 317 g/mol. The zero-order chi connectivity index (χ0) is 14.0. The lowest BCUT2D eigenvalue weighted by Crippen LogP contribution is -2.36. The molecule has 0 bridgehead atoms. The van der Waals surface area contributed by atoms with Crippen molar-refractivity contribution in [2.45, 2.75) is 32.2 Å². The first-order valence-corrected chi connectivity index (χ1v) is 7.99. The van der Waals surface area contributed by atoms with E-state index >= 15 is 0 Å². The molecule has 0 saturated carbocycles. The Bertz CT molecular complexity index is 352. The normalized spacial score (nSPS) is 13.5. The first-order valence-electron chi connectivity index (χ1n) is 5.48. The number of thiocyanates is 1. The smallest absolute Gasteiger partial charge is 0.286 e. The highest BCUT2D eigenvalue weighted by Gasteiger charge is 2.20. The lowest BCUT2D eigenvalue weighted by molar-refractivity contribution is 0.178. The summed E-state index contributed by atoms with van der Waals surface area (Å²) in [5.41, 5.74) is -0.546. The molecule has 0 spiro atoms. The lowest BCUT2D eigenvalue weighted by atomic mass is 10.3. The van der Waals surface area contributed by atoms with Crippen LogP contribution in [0.3, 0.4) is 0 Å². The molecule has 0 radical (unpaired) electrons. The van der Waals surface area contributed by atoms with Gasteiger partial charge in [-0.3, -0.25) is 4.90 Å². The molecule has 0 aliphatic heterocycles. The molecule has 0 heterocycles. The SMILES string of the molecule is CCCN(CCC)C(Cl)COS(=O)(=O)OSC#N. The summed E-state index contributed by atoms with van der Waals surface area (Å²) in [6.07, 6.45) is 1.83. The number of nitriles is 1. The van der Waals surface area contributed by atoms with Crippen LogP contribution in [0, 0.1) is 10.7 Å². The third-order valence-electron chi connectivity index (χ3n) is 1.92. The molecule has 0 aliphatic carbocycles. The molecule has 1 atom stereocenters. The van der Waals surface area contributed by atoms with Crippen LogP contribution in [0.2, 0.25) is 0 Å². The van der Waals surface area contributed by atoms with Crippen molar-refractivity contribution in [1.82, 2.24) is 4.90 Å². The molecule has 0 rings (SSSR count). The number of alkyl halides is 1. The number of halogens is 1. The molecule has 18 heavy (non-hydrogen) atoms. The van der Waals surface area contributed by atoms with Gasteiger partial charge in [-0.2, -0.15) is 17.3 Å². The summed E-state index contributed by atoms with van der Waals surface area (Å²) in [6, 6.07) is 0. The molecule has 0 aliphatic rings. The van der Waals surface area contributed by atoms with Crippen LogP contribution in [0.15, 0.2) is 0 Å². The fourth-order valence-corrected chi connectivity index (χ4v) is 2.53. The van der Waals surface area contributed by atoms with Gasteiger partial charge in [0.25, 0.3) is 0 Å². The molecule has 0 fully saturated rings. The van der Waals surface area contributed by atoms with Gasteiger partial charge in [-0.05, 0) is 25.9 Å². The van der Waals surface area contributed by atoms with Crippen molar-refractivity contribution >= 4 is 34.0 Å². The van der Waals surface area contributed by atoms with Crippen LogP contribution >= 0.6 is 23.6 Å². The van der Waals surface area contributed by atoms with E-state index in [-0.39, 0.29) is 18.6 Å². The molecular formula is C9H17ClN2O4S2. The van der Waals surface area contributed by atoms with Gasteiger partial charge in [0.15, 0.2) is 5.40 Å². The van der Waals surface area contributed by atoms with Gasteiger partial charge >= 0.3 is 10.4 Å². The summed E-state index contributed by atoms with van der Waals surface area (Å²) in [6.45, 7) is 5.33. The second kappa shape index (κ2) is 9.83. The van der Waals surface area contributed by atoms with Crippen LogP contribution in [0.5, 0.6) is 0 Å². The molecule has 0 aromatic carbocycles. The predicted octanol–water partition coefficient (Wildman–Crippen LogP) is 2.08. The van der Waals surface area contributed by atoms with E-state index in [9.17, 15) is 8.42 Å². The molecule has 0 amide bonds. The topological polar surface area (TPSA) is 79.6 Å². The number of nitrogens with zero attached hydrogens (tertiary/aromatic N) is 2.